The zero-order valence-corrected chi connectivity index (χ0v) is 7.31. The third-order valence-electron chi connectivity index (χ3n) is 1.80. The van der Waals surface area contributed by atoms with Gasteiger partial charge in [-0.2, -0.15) is 4.98 Å². The number of anilines is 1. The summed E-state index contributed by atoms with van der Waals surface area (Å²) >= 11 is 0. The van der Waals surface area contributed by atoms with Gasteiger partial charge in [-0.1, -0.05) is 12.1 Å². The zero-order valence-electron chi connectivity index (χ0n) is 7.31. The number of carbonyl (C=O) groups excluding carboxylic acids is 1. The summed E-state index contributed by atoms with van der Waals surface area (Å²) in [5, 5.41) is 0. The summed E-state index contributed by atoms with van der Waals surface area (Å²) in [7, 11) is 0. The van der Waals surface area contributed by atoms with Gasteiger partial charge in [0.05, 0.1) is 0 Å². The van der Waals surface area contributed by atoms with Gasteiger partial charge in [-0.05, 0) is 23.8 Å². The zero-order chi connectivity index (χ0) is 9.97. The molecule has 2 aromatic rings. The van der Waals surface area contributed by atoms with Gasteiger partial charge in [0.1, 0.15) is 11.8 Å². The number of allylic oxidation sites excluding steroid dienone is 1. The number of carbonyl (C=O) groups is 1. The van der Waals surface area contributed by atoms with E-state index in [9.17, 15) is 4.79 Å². The predicted molar refractivity (Wildman–Crippen MR) is 53.5 cm³/mol. The summed E-state index contributed by atoms with van der Waals surface area (Å²) in [5.41, 5.74) is 7.61. The molecule has 4 nitrogen and oxygen atoms in total. The SMILES string of the molecule is Nc1nc2cc(C=CC=O)ccc2o1. The third-order valence-corrected chi connectivity index (χ3v) is 1.80. The van der Waals surface area contributed by atoms with Gasteiger partial charge in [-0.15, -0.1) is 0 Å². The Morgan fingerprint density at radius 1 is 1.43 bits per heavy atom. The van der Waals surface area contributed by atoms with E-state index in [1.165, 1.54) is 6.08 Å². The topological polar surface area (TPSA) is 69.1 Å². The minimum Gasteiger partial charge on any atom is -0.424 e. The summed E-state index contributed by atoms with van der Waals surface area (Å²) in [6.07, 6.45) is 3.84. The molecular formula is C10H8N2O2. The summed E-state index contributed by atoms with van der Waals surface area (Å²) in [6, 6.07) is 5.54. The summed E-state index contributed by atoms with van der Waals surface area (Å²) in [5.74, 6) is 0. The molecule has 0 aliphatic heterocycles. The number of aromatic nitrogens is 1. The monoisotopic (exact) mass is 188 g/mol. The van der Waals surface area contributed by atoms with Crippen molar-refractivity contribution in [3.05, 3.63) is 29.8 Å². The first kappa shape index (κ1) is 8.50. The maximum atomic E-state index is 10.1. The van der Waals surface area contributed by atoms with Crippen molar-refractivity contribution in [2.45, 2.75) is 0 Å². The normalized spacial score (nSPS) is 11.1. The van der Waals surface area contributed by atoms with E-state index in [1.807, 2.05) is 6.07 Å². The second-order valence-corrected chi connectivity index (χ2v) is 2.77. The average molecular weight is 188 g/mol. The highest BCUT2D eigenvalue weighted by molar-refractivity contribution is 5.80. The molecule has 0 saturated heterocycles. The van der Waals surface area contributed by atoms with E-state index in [4.69, 9.17) is 10.2 Å². The van der Waals surface area contributed by atoms with Crippen LogP contribution in [-0.2, 0) is 4.79 Å². The smallest absolute Gasteiger partial charge is 0.292 e. The summed E-state index contributed by atoms with van der Waals surface area (Å²) < 4.78 is 5.10. The molecule has 0 atom stereocenters. The van der Waals surface area contributed by atoms with E-state index in [0.717, 1.165) is 11.8 Å². The molecule has 0 aliphatic rings. The number of hydrogen-bond acceptors (Lipinski definition) is 4. The van der Waals surface area contributed by atoms with E-state index in [2.05, 4.69) is 4.98 Å². The lowest BCUT2D eigenvalue weighted by Crippen LogP contribution is -1.80. The quantitative estimate of drug-likeness (QED) is 0.574. The van der Waals surface area contributed by atoms with E-state index in [1.54, 1.807) is 18.2 Å². The van der Waals surface area contributed by atoms with Gasteiger partial charge in [-0.25, -0.2) is 0 Å². The Bertz CT molecular complexity index is 500. The lowest BCUT2D eigenvalue weighted by molar-refractivity contribution is -0.104. The second-order valence-electron chi connectivity index (χ2n) is 2.77. The van der Waals surface area contributed by atoms with Crippen molar-refractivity contribution in [2.75, 3.05) is 5.73 Å². The maximum Gasteiger partial charge on any atom is 0.292 e. The Kier molecular flexibility index (Phi) is 2.02. The highest BCUT2D eigenvalue weighted by Gasteiger charge is 2.01. The fourth-order valence-corrected chi connectivity index (χ4v) is 1.22. The second kappa shape index (κ2) is 3.33. The van der Waals surface area contributed by atoms with Crippen molar-refractivity contribution < 1.29 is 9.21 Å². The number of rotatable bonds is 2. The molecule has 0 amide bonds. The van der Waals surface area contributed by atoms with E-state index >= 15 is 0 Å². The van der Waals surface area contributed by atoms with E-state index in [0.29, 0.717) is 11.1 Å². The summed E-state index contributed by atoms with van der Waals surface area (Å²) in [4.78, 5) is 14.1. The van der Waals surface area contributed by atoms with Crippen LogP contribution in [0.4, 0.5) is 6.01 Å². The number of nitrogens with two attached hydrogens (primary N) is 1. The van der Waals surface area contributed by atoms with Crippen LogP contribution in [0.5, 0.6) is 0 Å². The van der Waals surface area contributed by atoms with Gasteiger partial charge in [0.15, 0.2) is 5.58 Å². The molecule has 0 aliphatic carbocycles. The van der Waals surface area contributed by atoms with E-state index in [-0.39, 0.29) is 6.01 Å². The summed E-state index contributed by atoms with van der Waals surface area (Å²) in [6.45, 7) is 0. The molecule has 4 heteroatoms. The number of fused-ring (bicyclic) bond motifs is 1. The largest absolute Gasteiger partial charge is 0.424 e. The Morgan fingerprint density at radius 3 is 3.07 bits per heavy atom. The molecule has 0 unspecified atom stereocenters. The van der Waals surface area contributed by atoms with Gasteiger partial charge in [-0.3, -0.25) is 4.79 Å². The number of oxazole rings is 1. The van der Waals surface area contributed by atoms with Gasteiger partial charge in [0, 0.05) is 0 Å². The fraction of sp³-hybridized carbons (Fsp3) is 0. The Labute approximate surface area is 80.0 Å². The first-order chi connectivity index (χ1) is 6.79. The molecule has 2 rings (SSSR count). The molecule has 2 N–H and O–H groups in total. The number of benzene rings is 1. The van der Waals surface area contributed by atoms with Crippen molar-refractivity contribution in [1.82, 2.24) is 4.98 Å². The Morgan fingerprint density at radius 2 is 2.29 bits per heavy atom. The molecule has 1 heterocycles. The molecular weight excluding hydrogens is 180 g/mol. The van der Waals surface area contributed by atoms with Gasteiger partial charge in [0.25, 0.3) is 6.01 Å². The van der Waals surface area contributed by atoms with Crippen LogP contribution < -0.4 is 5.73 Å². The fourth-order valence-electron chi connectivity index (χ4n) is 1.22. The van der Waals surface area contributed by atoms with Gasteiger partial charge >= 0.3 is 0 Å². The number of aldehydes is 1. The van der Waals surface area contributed by atoms with Crippen LogP contribution >= 0.6 is 0 Å². The Hall–Kier alpha value is -2.10. The lowest BCUT2D eigenvalue weighted by atomic mass is 10.2. The molecule has 1 aromatic carbocycles. The number of nitrogens with zero attached hydrogens (tertiary/aromatic N) is 1. The number of hydrogen-bond donors (Lipinski definition) is 1. The number of nitrogen functional groups attached to an aromatic ring is 1. The van der Waals surface area contributed by atoms with Crippen molar-refractivity contribution in [3.63, 3.8) is 0 Å². The molecule has 0 spiro atoms. The highest BCUT2D eigenvalue weighted by atomic mass is 16.4. The molecule has 0 radical (unpaired) electrons. The average Bonchev–Trinajstić information content (AvgIpc) is 2.54. The Balaban J connectivity index is 2.50. The van der Waals surface area contributed by atoms with Crippen LogP contribution in [0.25, 0.3) is 17.2 Å². The van der Waals surface area contributed by atoms with Crippen LogP contribution in [0.15, 0.2) is 28.7 Å². The minimum absolute atomic E-state index is 0.150. The highest BCUT2D eigenvalue weighted by Crippen LogP contribution is 2.18. The van der Waals surface area contributed by atoms with Crippen molar-refractivity contribution in [3.8, 4) is 0 Å². The first-order valence-electron chi connectivity index (χ1n) is 4.07. The van der Waals surface area contributed by atoms with Gasteiger partial charge in [0.2, 0.25) is 0 Å². The first-order valence-corrected chi connectivity index (χ1v) is 4.07. The minimum atomic E-state index is 0.150. The van der Waals surface area contributed by atoms with Crippen LogP contribution in [0.2, 0.25) is 0 Å². The standard InChI is InChI=1S/C10H8N2O2/c11-10-12-8-6-7(2-1-5-13)3-4-9(8)14-10/h1-6H,(H2,11,12). The molecule has 0 bridgehead atoms. The van der Waals surface area contributed by atoms with E-state index < -0.39 is 0 Å². The third kappa shape index (κ3) is 1.50. The van der Waals surface area contributed by atoms with Crippen LogP contribution in [0, 0.1) is 0 Å². The van der Waals surface area contributed by atoms with Crippen molar-refractivity contribution in [1.29, 1.82) is 0 Å². The van der Waals surface area contributed by atoms with Crippen molar-refractivity contribution >= 4 is 29.5 Å². The molecule has 0 fully saturated rings. The molecule has 1 aromatic heterocycles. The molecule has 0 saturated carbocycles. The molecule has 70 valence electrons. The maximum absolute atomic E-state index is 10.1. The lowest BCUT2D eigenvalue weighted by Gasteiger charge is -1.90. The van der Waals surface area contributed by atoms with Crippen LogP contribution in [0.3, 0.4) is 0 Å². The van der Waals surface area contributed by atoms with Crippen LogP contribution in [0.1, 0.15) is 5.56 Å². The predicted octanol–water partition coefficient (Wildman–Crippen LogP) is 1.62. The van der Waals surface area contributed by atoms with Gasteiger partial charge < -0.3 is 10.2 Å². The van der Waals surface area contributed by atoms with Crippen molar-refractivity contribution in [2.24, 2.45) is 0 Å². The van der Waals surface area contributed by atoms with Crippen LogP contribution in [-0.4, -0.2) is 11.3 Å². The molecule has 14 heavy (non-hydrogen) atoms.